The lowest BCUT2D eigenvalue weighted by Gasteiger charge is -2.39. The highest BCUT2D eigenvalue weighted by molar-refractivity contribution is 4.85. The van der Waals surface area contributed by atoms with Crippen molar-refractivity contribution in [3.05, 3.63) is 0 Å². The molecule has 4 heteroatoms. The summed E-state index contributed by atoms with van der Waals surface area (Å²) in [4.78, 5) is 0. The topological polar surface area (TPSA) is 53.7 Å². The Kier molecular flexibility index (Phi) is 2.84. The SMILES string of the molecule is COC1(OC)CCOC[C@H]1N. The molecule has 0 amide bonds. The summed E-state index contributed by atoms with van der Waals surface area (Å²) in [6.45, 7) is 1.15. The first-order chi connectivity index (χ1) is 5.25. The van der Waals surface area contributed by atoms with Crippen molar-refractivity contribution in [3.8, 4) is 0 Å². The summed E-state index contributed by atoms with van der Waals surface area (Å²) in [5, 5.41) is 0. The van der Waals surface area contributed by atoms with Crippen molar-refractivity contribution in [2.24, 2.45) is 5.73 Å². The van der Waals surface area contributed by atoms with Crippen molar-refractivity contribution in [2.75, 3.05) is 27.4 Å². The predicted octanol–water partition coefficient (Wildman–Crippen LogP) is -0.277. The molecule has 0 radical (unpaired) electrons. The highest BCUT2D eigenvalue weighted by atomic mass is 16.7. The number of hydrogen-bond acceptors (Lipinski definition) is 4. The highest BCUT2D eigenvalue weighted by Crippen LogP contribution is 2.23. The van der Waals surface area contributed by atoms with E-state index in [0.717, 1.165) is 0 Å². The van der Waals surface area contributed by atoms with Crippen molar-refractivity contribution in [3.63, 3.8) is 0 Å². The van der Waals surface area contributed by atoms with Gasteiger partial charge in [0.2, 0.25) is 0 Å². The van der Waals surface area contributed by atoms with Gasteiger partial charge in [-0.05, 0) is 0 Å². The van der Waals surface area contributed by atoms with Gasteiger partial charge in [0.15, 0.2) is 5.79 Å². The van der Waals surface area contributed by atoms with Gasteiger partial charge < -0.3 is 19.9 Å². The highest BCUT2D eigenvalue weighted by Gasteiger charge is 2.39. The van der Waals surface area contributed by atoms with Gasteiger partial charge in [-0.25, -0.2) is 0 Å². The molecule has 1 atom stereocenters. The number of hydrogen-bond donors (Lipinski definition) is 1. The fraction of sp³-hybridized carbons (Fsp3) is 1.00. The monoisotopic (exact) mass is 161 g/mol. The van der Waals surface area contributed by atoms with Crippen LogP contribution in [0.2, 0.25) is 0 Å². The van der Waals surface area contributed by atoms with Gasteiger partial charge >= 0.3 is 0 Å². The van der Waals surface area contributed by atoms with E-state index < -0.39 is 5.79 Å². The van der Waals surface area contributed by atoms with Gasteiger partial charge in [-0.2, -0.15) is 0 Å². The summed E-state index contributed by atoms with van der Waals surface area (Å²) in [6.07, 6.45) is 0.696. The summed E-state index contributed by atoms with van der Waals surface area (Å²) >= 11 is 0. The van der Waals surface area contributed by atoms with Crippen LogP contribution in [0.4, 0.5) is 0 Å². The lowest BCUT2D eigenvalue weighted by molar-refractivity contribution is -0.252. The second-order valence-corrected chi connectivity index (χ2v) is 2.65. The number of methoxy groups -OCH3 is 2. The summed E-state index contributed by atoms with van der Waals surface area (Å²) in [5.41, 5.74) is 5.76. The third-order valence-corrected chi connectivity index (χ3v) is 2.15. The average Bonchev–Trinajstić information content (AvgIpc) is 2.06. The normalized spacial score (nSPS) is 30.3. The van der Waals surface area contributed by atoms with Crippen LogP contribution in [0.15, 0.2) is 0 Å². The van der Waals surface area contributed by atoms with Crippen LogP contribution in [0, 0.1) is 0 Å². The minimum Gasteiger partial charge on any atom is -0.379 e. The maximum Gasteiger partial charge on any atom is 0.187 e. The molecule has 0 saturated carbocycles. The molecule has 1 rings (SSSR count). The lowest BCUT2D eigenvalue weighted by atomic mass is 10.0. The number of ether oxygens (including phenoxy) is 3. The van der Waals surface area contributed by atoms with Gasteiger partial charge in [-0.1, -0.05) is 0 Å². The standard InChI is InChI=1S/C7H15NO3/c1-9-7(10-2)3-4-11-5-6(7)8/h6H,3-5,8H2,1-2H3/t6-/m1/s1. The van der Waals surface area contributed by atoms with Crippen LogP contribution in [0.25, 0.3) is 0 Å². The Morgan fingerprint density at radius 3 is 2.45 bits per heavy atom. The zero-order valence-electron chi connectivity index (χ0n) is 7.00. The number of rotatable bonds is 2. The quantitative estimate of drug-likeness (QED) is 0.566. The molecule has 66 valence electrons. The van der Waals surface area contributed by atoms with Gasteiger partial charge in [0.25, 0.3) is 0 Å². The molecule has 0 aromatic rings. The zero-order valence-corrected chi connectivity index (χ0v) is 7.00. The van der Waals surface area contributed by atoms with Crippen LogP contribution < -0.4 is 5.73 Å². The summed E-state index contributed by atoms with van der Waals surface area (Å²) in [6, 6.07) is -0.189. The molecule has 0 aliphatic carbocycles. The predicted molar refractivity (Wildman–Crippen MR) is 40.2 cm³/mol. The molecule has 0 aromatic heterocycles. The Balaban J connectivity index is 2.61. The van der Waals surface area contributed by atoms with Gasteiger partial charge in [-0.3, -0.25) is 0 Å². The molecule has 1 fully saturated rings. The fourth-order valence-corrected chi connectivity index (χ4v) is 1.33. The van der Waals surface area contributed by atoms with Crippen LogP contribution >= 0.6 is 0 Å². The van der Waals surface area contributed by atoms with Crippen molar-refractivity contribution in [1.82, 2.24) is 0 Å². The van der Waals surface area contributed by atoms with Crippen LogP contribution in [-0.2, 0) is 14.2 Å². The molecule has 0 aromatic carbocycles. The van der Waals surface area contributed by atoms with E-state index in [1.165, 1.54) is 0 Å². The van der Waals surface area contributed by atoms with Gasteiger partial charge in [0, 0.05) is 20.6 Å². The first kappa shape index (κ1) is 8.93. The van der Waals surface area contributed by atoms with E-state index in [4.69, 9.17) is 19.9 Å². The fourth-order valence-electron chi connectivity index (χ4n) is 1.33. The maximum atomic E-state index is 5.76. The minimum absolute atomic E-state index is 0.189. The molecule has 1 heterocycles. The number of nitrogens with two attached hydrogens (primary N) is 1. The molecule has 0 unspecified atom stereocenters. The Labute approximate surface area is 66.6 Å². The largest absolute Gasteiger partial charge is 0.379 e. The second kappa shape index (κ2) is 3.49. The molecule has 0 spiro atoms. The Morgan fingerprint density at radius 2 is 2.09 bits per heavy atom. The van der Waals surface area contributed by atoms with Gasteiger partial charge in [-0.15, -0.1) is 0 Å². The molecule has 2 N–H and O–H groups in total. The molecule has 1 saturated heterocycles. The van der Waals surface area contributed by atoms with Crippen LogP contribution in [0.1, 0.15) is 6.42 Å². The maximum absolute atomic E-state index is 5.76. The van der Waals surface area contributed by atoms with E-state index in [0.29, 0.717) is 19.6 Å². The first-order valence-electron chi connectivity index (χ1n) is 3.69. The third-order valence-electron chi connectivity index (χ3n) is 2.15. The average molecular weight is 161 g/mol. The molecular formula is C7H15NO3. The minimum atomic E-state index is -0.627. The van der Waals surface area contributed by atoms with Gasteiger partial charge in [0.05, 0.1) is 19.3 Å². The van der Waals surface area contributed by atoms with E-state index in [1.807, 2.05) is 0 Å². The molecular weight excluding hydrogens is 146 g/mol. The molecule has 0 bridgehead atoms. The third kappa shape index (κ3) is 1.54. The van der Waals surface area contributed by atoms with E-state index in [2.05, 4.69) is 0 Å². The van der Waals surface area contributed by atoms with Crippen LogP contribution in [0.5, 0.6) is 0 Å². The van der Waals surface area contributed by atoms with Crippen molar-refractivity contribution >= 4 is 0 Å². The van der Waals surface area contributed by atoms with Crippen LogP contribution in [0.3, 0.4) is 0 Å². The Bertz CT molecular complexity index is 125. The smallest absolute Gasteiger partial charge is 0.187 e. The summed E-state index contributed by atoms with van der Waals surface area (Å²) < 4.78 is 15.6. The summed E-state index contributed by atoms with van der Waals surface area (Å²) in [5.74, 6) is -0.627. The zero-order chi connectivity index (χ0) is 8.32. The molecule has 11 heavy (non-hydrogen) atoms. The lowest BCUT2D eigenvalue weighted by Crippen LogP contribution is -2.56. The Hall–Kier alpha value is -0.160. The summed E-state index contributed by atoms with van der Waals surface area (Å²) in [7, 11) is 3.21. The second-order valence-electron chi connectivity index (χ2n) is 2.65. The molecule has 1 aliphatic heterocycles. The van der Waals surface area contributed by atoms with E-state index >= 15 is 0 Å². The van der Waals surface area contributed by atoms with E-state index in [9.17, 15) is 0 Å². The van der Waals surface area contributed by atoms with Gasteiger partial charge in [0.1, 0.15) is 0 Å². The van der Waals surface area contributed by atoms with Crippen molar-refractivity contribution in [1.29, 1.82) is 0 Å². The van der Waals surface area contributed by atoms with E-state index in [1.54, 1.807) is 14.2 Å². The molecule has 4 nitrogen and oxygen atoms in total. The molecule has 1 aliphatic rings. The van der Waals surface area contributed by atoms with Crippen molar-refractivity contribution < 1.29 is 14.2 Å². The van der Waals surface area contributed by atoms with Crippen molar-refractivity contribution in [2.45, 2.75) is 18.2 Å². The van der Waals surface area contributed by atoms with Crippen LogP contribution in [-0.4, -0.2) is 39.3 Å². The first-order valence-corrected chi connectivity index (χ1v) is 3.69. The van der Waals surface area contributed by atoms with E-state index in [-0.39, 0.29) is 6.04 Å². The Morgan fingerprint density at radius 1 is 1.45 bits per heavy atom.